The number of hydrogen-bond donors (Lipinski definition) is 5. The Kier molecular flexibility index (Phi) is 15.3. The second-order valence-electron chi connectivity index (χ2n) is 17.4. The Labute approximate surface area is 348 Å². The Hall–Kier alpha value is -5.75. The van der Waals surface area contributed by atoms with Crippen LogP contribution in [-0.2, 0) is 33.7 Å². The van der Waals surface area contributed by atoms with Crippen molar-refractivity contribution in [3.63, 3.8) is 0 Å². The molecule has 12 nitrogen and oxygen atoms in total. The van der Waals surface area contributed by atoms with Crippen molar-refractivity contribution < 1.29 is 29.0 Å². The Morgan fingerprint density at radius 2 is 1.49 bits per heavy atom. The fourth-order valence-corrected chi connectivity index (χ4v) is 7.85. The summed E-state index contributed by atoms with van der Waals surface area (Å²) in [5.74, 6) is -1.09. The van der Waals surface area contributed by atoms with E-state index in [9.17, 15) is 24.3 Å². The minimum absolute atomic E-state index is 0.0746. The number of carbonyl (C=O) groups is 4. The van der Waals surface area contributed by atoms with Crippen molar-refractivity contribution in [2.75, 3.05) is 20.2 Å². The fraction of sp³-hybridized carbons (Fsp3) is 0.426. The number of nitrogens with one attached hydrogen (secondary N) is 4. The minimum Gasteiger partial charge on any atom is -0.453 e. The molecule has 5 rings (SSSR count). The van der Waals surface area contributed by atoms with Crippen LogP contribution in [-0.4, -0.2) is 83.4 Å². The molecule has 12 heteroatoms. The Bertz CT molecular complexity index is 1970. The smallest absolute Gasteiger partial charge is 0.406 e. The van der Waals surface area contributed by atoms with E-state index in [2.05, 4.69) is 26.3 Å². The summed E-state index contributed by atoms with van der Waals surface area (Å²) in [4.78, 5) is 59.4. The van der Waals surface area contributed by atoms with Crippen LogP contribution >= 0.6 is 0 Å². The number of alkyl carbamates (subject to hydrolysis) is 1. The van der Waals surface area contributed by atoms with Gasteiger partial charge in [0.2, 0.25) is 11.8 Å². The molecule has 3 aromatic carbocycles. The molecule has 1 aromatic heterocycles. The Morgan fingerprint density at radius 1 is 0.847 bits per heavy atom. The van der Waals surface area contributed by atoms with Crippen molar-refractivity contribution in [1.82, 2.24) is 31.2 Å². The second-order valence-corrected chi connectivity index (χ2v) is 17.4. The normalized spacial score (nSPS) is 16.3. The third kappa shape index (κ3) is 13.1. The lowest BCUT2D eigenvalue weighted by molar-refractivity contribution is -0.132. The number of aliphatic hydroxyl groups excluding tert-OH is 1. The van der Waals surface area contributed by atoms with Crippen molar-refractivity contribution in [2.45, 2.75) is 91.1 Å². The van der Waals surface area contributed by atoms with Gasteiger partial charge < -0.3 is 36.0 Å². The summed E-state index contributed by atoms with van der Waals surface area (Å²) in [6.07, 6.45) is 2.84. The maximum atomic E-state index is 14.7. The maximum Gasteiger partial charge on any atom is 0.406 e. The number of methoxy groups -OCH3 is 1. The molecule has 5 unspecified atom stereocenters. The van der Waals surface area contributed by atoms with Crippen LogP contribution < -0.4 is 21.3 Å². The van der Waals surface area contributed by atoms with E-state index in [1.165, 1.54) is 7.11 Å². The third-order valence-electron chi connectivity index (χ3n) is 10.9. The molecule has 2 heterocycles. The third-order valence-corrected chi connectivity index (χ3v) is 10.9. The highest BCUT2D eigenvalue weighted by Crippen LogP contribution is 2.34. The summed E-state index contributed by atoms with van der Waals surface area (Å²) in [6.45, 7) is 10.7. The van der Waals surface area contributed by atoms with Crippen LogP contribution in [0.4, 0.5) is 9.59 Å². The van der Waals surface area contributed by atoms with E-state index in [0.29, 0.717) is 25.9 Å². The number of hydrogen-bond acceptors (Lipinski definition) is 7. The van der Waals surface area contributed by atoms with Crippen LogP contribution in [0.25, 0.3) is 11.1 Å². The minimum atomic E-state index is -1.07. The SMILES string of the molecule is COC(=O)NCC(C)(C)CC(=O)NC(Cc1ccc(-c2cccnc2)cc1)C(O)CC(Cc1ccccc1)NC(=O)C(C1CNC(=O)N1Cc1ccccc1)C(C)(C)C. The van der Waals surface area contributed by atoms with E-state index in [1.54, 1.807) is 17.3 Å². The molecule has 314 valence electrons. The summed E-state index contributed by atoms with van der Waals surface area (Å²) in [6, 6.07) is 29.5. The van der Waals surface area contributed by atoms with E-state index >= 15 is 0 Å². The van der Waals surface area contributed by atoms with E-state index in [-0.39, 0.29) is 37.2 Å². The molecule has 1 aliphatic rings. The standard InChI is InChI=1S/C47H60N6O6/c1-46(2,3)42(39-29-49-44(57)53(39)30-34-16-11-8-12-17-34)43(56)51-37(24-32-14-9-7-10-15-32)26-40(54)38(52-41(55)27-47(4,5)31-50-45(58)59-6)25-33-19-21-35(22-20-33)36-18-13-23-48-28-36/h7-23,28,37-40,42,54H,24-27,29-31H2,1-6H3,(H,49,57)(H,50,58)(H,51,56)(H,52,55). The van der Waals surface area contributed by atoms with E-state index in [0.717, 1.165) is 27.8 Å². The molecular weight excluding hydrogens is 745 g/mol. The van der Waals surface area contributed by atoms with Crippen LogP contribution in [0.2, 0.25) is 0 Å². The van der Waals surface area contributed by atoms with Gasteiger partial charge >= 0.3 is 12.1 Å². The fourth-order valence-electron chi connectivity index (χ4n) is 7.85. The van der Waals surface area contributed by atoms with Gasteiger partial charge in [0.1, 0.15) is 0 Å². The Balaban J connectivity index is 1.40. The summed E-state index contributed by atoms with van der Waals surface area (Å²) >= 11 is 0. The van der Waals surface area contributed by atoms with Crippen LogP contribution in [0, 0.1) is 16.7 Å². The molecule has 5 atom stereocenters. The summed E-state index contributed by atoms with van der Waals surface area (Å²) < 4.78 is 4.72. The number of aromatic nitrogens is 1. The number of aliphatic hydroxyl groups is 1. The van der Waals surface area contributed by atoms with Crippen LogP contribution in [0.1, 0.15) is 64.2 Å². The zero-order valence-corrected chi connectivity index (χ0v) is 35.1. The number of benzene rings is 3. The highest BCUT2D eigenvalue weighted by atomic mass is 16.5. The number of ether oxygens (including phenoxy) is 1. The summed E-state index contributed by atoms with van der Waals surface area (Å²) in [7, 11) is 1.29. The zero-order valence-electron chi connectivity index (χ0n) is 35.1. The number of urea groups is 1. The predicted molar refractivity (Wildman–Crippen MR) is 229 cm³/mol. The lowest BCUT2D eigenvalue weighted by Gasteiger charge is -2.39. The van der Waals surface area contributed by atoms with Crippen molar-refractivity contribution >= 4 is 23.9 Å². The molecule has 1 fully saturated rings. The summed E-state index contributed by atoms with van der Waals surface area (Å²) in [5.41, 5.74) is 3.67. The first-order valence-corrected chi connectivity index (χ1v) is 20.3. The molecule has 0 saturated carbocycles. The maximum absolute atomic E-state index is 14.7. The molecule has 4 aromatic rings. The van der Waals surface area contributed by atoms with Gasteiger partial charge in [-0.3, -0.25) is 14.6 Å². The van der Waals surface area contributed by atoms with Gasteiger partial charge in [0.25, 0.3) is 0 Å². The zero-order chi connectivity index (χ0) is 42.6. The number of rotatable bonds is 18. The van der Waals surface area contributed by atoms with Crippen molar-refractivity contribution in [3.05, 3.63) is 126 Å². The summed E-state index contributed by atoms with van der Waals surface area (Å²) in [5, 5.41) is 24.2. The lowest BCUT2D eigenvalue weighted by Crippen LogP contribution is -2.54. The number of nitrogens with zero attached hydrogens (tertiary/aromatic N) is 2. The van der Waals surface area contributed by atoms with Crippen molar-refractivity contribution in [1.29, 1.82) is 0 Å². The van der Waals surface area contributed by atoms with Crippen LogP contribution in [0.15, 0.2) is 109 Å². The molecule has 0 bridgehead atoms. The van der Waals surface area contributed by atoms with Gasteiger partial charge in [0.15, 0.2) is 0 Å². The first kappa shape index (κ1) is 44.4. The van der Waals surface area contributed by atoms with Gasteiger partial charge in [-0.2, -0.15) is 0 Å². The average Bonchev–Trinajstić information content (AvgIpc) is 3.55. The Morgan fingerprint density at radius 3 is 2.10 bits per heavy atom. The molecule has 5 amide bonds. The van der Waals surface area contributed by atoms with Crippen LogP contribution in [0.5, 0.6) is 0 Å². The van der Waals surface area contributed by atoms with Crippen molar-refractivity contribution in [2.24, 2.45) is 16.7 Å². The average molecular weight is 805 g/mol. The van der Waals surface area contributed by atoms with Gasteiger partial charge in [-0.1, -0.05) is 126 Å². The highest BCUT2D eigenvalue weighted by Gasteiger charge is 2.46. The van der Waals surface area contributed by atoms with Gasteiger partial charge in [-0.25, -0.2) is 9.59 Å². The topological polar surface area (TPSA) is 162 Å². The molecular formula is C47H60N6O6. The van der Waals surface area contributed by atoms with Gasteiger partial charge in [-0.15, -0.1) is 0 Å². The molecule has 0 spiro atoms. The lowest BCUT2D eigenvalue weighted by atomic mass is 9.75. The van der Waals surface area contributed by atoms with Gasteiger partial charge in [0, 0.05) is 44.5 Å². The number of pyridine rings is 1. The van der Waals surface area contributed by atoms with E-state index < -0.39 is 47.1 Å². The van der Waals surface area contributed by atoms with E-state index in [4.69, 9.17) is 4.74 Å². The van der Waals surface area contributed by atoms with Crippen molar-refractivity contribution in [3.8, 4) is 11.1 Å². The number of carbonyl (C=O) groups excluding carboxylic acids is 4. The predicted octanol–water partition coefficient (Wildman–Crippen LogP) is 6.28. The quantitative estimate of drug-likeness (QED) is 0.0791. The first-order chi connectivity index (χ1) is 28.1. The highest BCUT2D eigenvalue weighted by molar-refractivity contribution is 5.84. The van der Waals surface area contributed by atoms with E-state index in [1.807, 2.05) is 132 Å². The molecule has 5 N–H and O–H groups in total. The second kappa shape index (κ2) is 20.3. The molecule has 1 aliphatic heterocycles. The van der Waals surface area contributed by atoms with Gasteiger partial charge in [0.05, 0.1) is 31.2 Å². The molecule has 1 saturated heterocycles. The molecule has 0 radical (unpaired) electrons. The van der Waals surface area contributed by atoms with Gasteiger partial charge in [-0.05, 0) is 64.0 Å². The first-order valence-electron chi connectivity index (χ1n) is 20.3. The molecule has 0 aliphatic carbocycles. The largest absolute Gasteiger partial charge is 0.453 e. The van der Waals surface area contributed by atoms with Crippen LogP contribution in [0.3, 0.4) is 0 Å². The monoisotopic (exact) mass is 804 g/mol. The molecule has 59 heavy (non-hydrogen) atoms. The number of amides is 5.